The molecular weight excluding hydrogens is 236 g/mol. The first-order chi connectivity index (χ1) is 8.08. The van der Waals surface area contributed by atoms with Crippen molar-refractivity contribution in [2.75, 3.05) is 6.61 Å². The van der Waals surface area contributed by atoms with Gasteiger partial charge in [-0.2, -0.15) is 0 Å². The van der Waals surface area contributed by atoms with Crippen LogP contribution in [0.5, 0.6) is 0 Å². The van der Waals surface area contributed by atoms with E-state index < -0.39 is 15.5 Å². The van der Waals surface area contributed by atoms with Gasteiger partial charge in [-0.05, 0) is 25.0 Å². The standard InChI is InChI=1S/C13H14O3S/c1-8-3-5-10(6-4-8)17(15)13-9(2)11(13)7-16-12(13)14/h3-6,9,11H,7H2,1-2H3/t9-,11-,13-,17?/m1/s1. The van der Waals surface area contributed by atoms with Gasteiger partial charge < -0.3 is 4.74 Å². The van der Waals surface area contributed by atoms with E-state index in [1.54, 1.807) is 0 Å². The Morgan fingerprint density at radius 3 is 2.53 bits per heavy atom. The zero-order valence-corrected chi connectivity index (χ0v) is 10.6. The molecule has 3 nitrogen and oxygen atoms in total. The number of carbonyl (C=O) groups excluding carboxylic acids is 1. The second-order valence-electron chi connectivity index (χ2n) is 4.87. The summed E-state index contributed by atoms with van der Waals surface area (Å²) < 4.78 is 16.8. The number of rotatable bonds is 2. The second kappa shape index (κ2) is 3.42. The summed E-state index contributed by atoms with van der Waals surface area (Å²) in [6.45, 7) is 4.39. The summed E-state index contributed by atoms with van der Waals surface area (Å²) in [7, 11) is -1.29. The summed E-state index contributed by atoms with van der Waals surface area (Å²) in [6, 6.07) is 7.53. The quantitative estimate of drug-likeness (QED) is 0.750. The molecule has 4 atom stereocenters. The van der Waals surface area contributed by atoms with Gasteiger partial charge >= 0.3 is 5.97 Å². The smallest absolute Gasteiger partial charge is 0.325 e. The van der Waals surface area contributed by atoms with Crippen molar-refractivity contribution in [3.05, 3.63) is 29.8 Å². The first-order valence-corrected chi connectivity index (χ1v) is 6.89. The molecule has 2 fully saturated rings. The fourth-order valence-electron chi connectivity index (χ4n) is 2.74. The number of carbonyl (C=O) groups is 1. The highest BCUT2D eigenvalue weighted by atomic mass is 32.2. The molecule has 1 unspecified atom stereocenters. The lowest BCUT2D eigenvalue weighted by Gasteiger charge is -2.11. The maximum atomic E-state index is 12.6. The van der Waals surface area contributed by atoms with Crippen LogP contribution in [-0.2, 0) is 20.3 Å². The van der Waals surface area contributed by atoms with Crippen LogP contribution in [-0.4, -0.2) is 21.5 Å². The van der Waals surface area contributed by atoms with Crippen molar-refractivity contribution in [1.29, 1.82) is 0 Å². The minimum Gasteiger partial charge on any atom is -0.464 e. The van der Waals surface area contributed by atoms with Gasteiger partial charge in [0.25, 0.3) is 0 Å². The zero-order chi connectivity index (χ0) is 12.2. The summed E-state index contributed by atoms with van der Waals surface area (Å²) in [5, 5.41) is 0. The van der Waals surface area contributed by atoms with Gasteiger partial charge in [0.15, 0.2) is 4.75 Å². The fraction of sp³-hybridized carbons (Fsp3) is 0.462. The van der Waals surface area contributed by atoms with Crippen LogP contribution in [0.1, 0.15) is 12.5 Å². The molecule has 1 saturated carbocycles. The van der Waals surface area contributed by atoms with Crippen LogP contribution in [0, 0.1) is 18.8 Å². The van der Waals surface area contributed by atoms with Gasteiger partial charge in [-0.1, -0.05) is 24.6 Å². The molecule has 2 aliphatic rings. The van der Waals surface area contributed by atoms with Crippen LogP contribution in [0.3, 0.4) is 0 Å². The Morgan fingerprint density at radius 1 is 1.35 bits per heavy atom. The highest BCUT2D eigenvalue weighted by Gasteiger charge is 2.76. The van der Waals surface area contributed by atoms with E-state index in [0.717, 1.165) is 10.5 Å². The van der Waals surface area contributed by atoms with E-state index in [-0.39, 0.29) is 17.8 Å². The Kier molecular flexibility index (Phi) is 2.20. The van der Waals surface area contributed by atoms with Crippen molar-refractivity contribution in [2.45, 2.75) is 23.5 Å². The van der Waals surface area contributed by atoms with Gasteiger partial charge in [-0.25, -0.2) is 0 Å². The van der Waals surface area contributed by atoms with Crippen LogP contribution >= 0.6 is 0 Å². The number of aryl methyl sites for hydroxylation is 1. The maximum absolute atomic E-state index is 12.6. The number of cyclic esters (lactones) is 1. The highest BCUT2D eigenvalue weighted by molar-refractivity contribution is 7.87. The third kappa shape index (κ3) is 1.27. The number of fused-ring (bicyclic) bond motifs is 1. The Labute approximate surface area is 103 Å². The van der Waals surface area contributed by atoms with Gasteiger partial charge in [0.2, 0.25) is 0 Å². The summed E-state index contributed by atoms with van der Waals surface area (Å²) in [4.78, 5) is 12.5. The van der Waals surface area contributed by atoms with Gasteiger partial charge in [-0.3, -0.25) is 9.00 Å². The van der Waals surface area contributed by atoms with Crippen molar-refractivity contribution < 1.29 is 13.7 Å². The third-order valence-corrected chi connectivity index (χ3v) is 6.13. The van der Waals surface area contributed by atoms with E-state index in [4.69, 9.17) is 4.74 Å². The molecule has 1 saturated heterocycles. The average molecular weight is 250 g/mol. The average Bonchev–Trinajstić information content (AvgIpc) is 2.74. The highest BCUT2D eigenvalue weighted by Crippen LogP contribution is 2.60. The first-order valence-electron chi connectivity index (χ1n) is 5.74. The number of esters is 1. The summed E-state index contributed by atoms with van der Waals surface area (Å²) in [5.74, 6) is 0.0249. The molecule has 4 heteroatoms. The molecular formula is C13H14O3S. The Morgan fingerprint density at radius 2 is 2.00 bits per heavy atom. The lowest BCUT2D eigenvalue weighted by Crippen LogP contribution is -2.29. The van der Waals surface area contributed by atoms with Crippen molar-refractivity contribution in [2.24, 2.45) is 11.8 Å². The molecule has 0 N–H and O–H groups in total. The van der Waals surface area contributed by atoms with Gasteiger partial charge in [0.05, 0.1) is 17.4 Å². The summed E-state index contributed by atoms with van der Waals surface area (Å²) in [6.07, 6.45) is 0. The van der Waals surface area contributed by atoms with Gasteiger partial charge in [0.1, 0.15) is 0 Å². The van der Waals surface area contributed by atoms with E-state index in [2.05, 4.69) is 0 Å². The molecule has 0 radical (unpaired) electrons. The Hall–Kier alpha value is -1.16. The molecule has 1 aromatic carbocycles. The van der Waals surface area contributed by atoms with Gasteiger partial charge in [0, 0.05) is 10.8 Å². The SMILES string of the molecule is Cc1ccc(S(=O)[C@@]23C(=O)OC[C@@H]2[C@H]3C)cc1. The van der Waals surface area contributed by atoms with Crippen molar-refractivity contribution in [3.8, 4) is 0 Å². The molecule has 0 bridgehead atoms. The van der Waals surface area contributed by atoms with Crippen molar-refractivity contribution in [1.82, 2.24) is 0 Å². The van der Waals surface area contributed by atoms with E-state index in [1.165, 1.54) is 0 Å². The van der Waals surface area contributed by atoms with Crippen molar-refractivity contribution in [3.63, 3.8) is 0 Å². The molecule has 1 aliphatic heterocycles. The van der Waals surface area contributed by atoms with Gasteiger partial charge in [-0.15, -0.1) is 0 Å². The Balaban J connectivity index is 1.98. The predicted octanol–water partition coefficient (Wildman–Crippen LogP) is 1.66. The number of hydrogen-bond donors (Lipinski definition) is 0. The largest absolute Gasteiger partial charge is 0.464 e. The minimum absolute atomic E-state index is 0.136. The number of ether oxygens (including phenoxy) is 1. The molecule has 0 aromatic heterocycles. The normalized spacial score (nSPS) is 36.2. The molecule has 17 heavy (non-hydrogen) atoms. The van der Waals surface area contributed by atoms with Crippen molar-refractivity contribution >= 4 is 16.8 Å². The third-order valence-electron chi connectivity index (χ3n) is 3.98. The topological polar surface area (TPSA) is 43.4 Å². The summed E-state index contributed by atoms with van der Waals surface area (Å²) >= 11 is 0. The van der Waals surface area contributed by atoms with E-state index in [9.17, 15) is 9.00 Å². The molecule has 3 rings (SSSR count). The molecule has 1 aliphatic carbocycles. The van der Waals surface area contributed by atoms with Crippen LogP contribution in [0.15, 0.2) is 29.2 Å². The molecule has 1 heterocycles. The zero-order valence-electron chi connectivity index (χ0n) is 9.80. The predicted molar refractivity (Wildman–Crippen MR) is 63.9 cm³/mol. The first kappa shape index (κ1) is 11.0. The minimum atomic E-state index is -1.29. The molecule has 1 aromatic rings. The molecule has 0 amide bonds. The maximum Gasteiger partial charge on any atom is 0.325 e. The Bertz CT molecular complexity index is 508. The van der Waals surface area contributed by atoms with Crippen LogP contribution in [0.2, 0.25) is 0 Å². The van der Waals surface area contributed by atoms with E-state index in [0.29, 0.717) is 6.61 Å². The molecule has 0 spiro atoms. The van der Waals surface area contributed by atoms with Crippen LogP contribution in [0.25, 0.3) is 0 Å². The monoisotopic (exact) mass is 250 g/mol. The van der Waals surface area contributed by atoms with E-state index >= 15 is 0 Å². The molecule has 90 valence electrons. The summed E-state index contributed by atoms with van der Waals surface area (Å²) in [5.41, 5.74) is 1.12. The number of benzene rings is 1. The lowest BCUT2D eigenvalue weighted by atomic mass is 10.2. The van der Waals surface area contributed by atoms with E-state index in [1.807, 2.05) is 38.1 Å². The second-order valence-corrected chi connectivity index (χ2v) is 6.55. The van der Waals surface area contributed by atoms with Crippen LogP contribution in [0.4, 0.5) is 0 Å². The fourth-order valence-corrected chi connectivity index (χ4v) is 4.70. The lowest BCUT2D eigenvalue weighted by molar-refractivity contribution is -0.140. The van der Waals surface area contributed by atoms with Crippen LogP contribution < -0.4 is 0 Å². The number of hydrogen-bond acceptors (Lipinski definition) is 3.